The Balaban J connectivity index is 1.30. The summed E-state index contributed by atoms with van der Waals surface area (Å²) >= 11 is 2.74. The van der Waals surface area contributed by atoms with Gasteiger partial charge in [0.05, 0.1) is 32.1 Å². The zero-order chi connectivity index (χ0) is 35.6. The fourth-order valence-corrected chi connectivity index (χ4v) is 7.65. The van der Waals surface area contributed by atoms with Gasteiger partial charge in [-0.05, 0) is 92.3 Å². The lowest BCUT2D eigenvalue weighted by Crippen LogP contribution is -2.30. The standard InChI is InChI=1S/C38H39N3O7S2/c1-5-48-38(45)34-29-16-14-23(2)18-32(29)50-37(34)41-33(42)22-49-28-13-9-12-26(21-28)39-36(44)30(40-35(43)24-10-7-6-8-11-24)20-25-19-27(46-3)15-17-31(25)47-4/h6-13,15,17,19-21,23H,5,14,16,18,22H2,1-4H3,(H,39,44)(H,40,43)(H,41,42)/b30-20+. The van der Waals surface area contributed by atoms with E-state index in [2.05, 4.69) is 22.9 Å². The van der Waals surface area contributed by atoms with Gasteiger partial charge in [0.25, 0.3) is 11.8 Å². The lowest BCUT2D eigenvalue weighted by molar-refractivity contribution is -0.114. The van der Waals surface area contributed by atoms with Crippen molar-refractivity contribution in [1.82, 2.24) is 5.32 Å². The van der Waals surface area contributed by atoms with E-state index in [4.69, 9.17) is 14.2 Å². The first-order valence-corrected chi connectivity index (χ1v) is 17.9. The number of thioether (sulfide) groups is 1. The van der Waals surface area contributed by atoms with Gasteiger partial charge in [0.15, 0.2) is 0 Å². The van der Waals surface area contributed by atoms with Crippen molar-refractivity contribution in [3.8, 4) is 11.5 Å². The van der Waals surface area contributed by atoms with Gasteiger partial charge in [0, 0.05) is 26.6 Å². The molecule has 0 radical (unpaired) electrons. The first-order valence-electron chi connectivity index (χ1n) is 16.1. The Labute approximate surface area is 299 Å². The van der Waals surface area contributed by atoms with E-state index in [9.17, 15) is 19.2 Å². The van der Waals surface area contributed by atoms with Crippen LogP contribution in [0.1, 0.15) is 57.0 Å². The third-order valence-corrected chi connectivity index (χ3v) is 10.1. The molecule has 10 nitrogen and oxygen atoms in total. The number of hydrogen-bond donors (Lipinski definition) is 3. The van der Waals surface area contributed by atoms with Gasteiger partial charge in [-0.3, -0.25) is 14.4 Å². The molecule has 12 heteroatoms. The molecule has 1 heterocycles. The Hall–Kier alpha value is -5.07. The van der Waals surface area contributed by atoms with Gasteiger partial charge in [-0.15, -0.1) is 23.1 Å². The smallest absolute Gasteiger partial charge is 0.341 e. The summed E-state index contributed by atoms with van der Waals surface area (Å²) in [4.78, 5) is 54.6. The maximum Gasteiger partial charge on any atom is 0.341 e. The van der Waals surface area contributed by atoms with Crippen molar-refractivity contribution in [2.45, 2.75) is 38.0 Å². The van der Waals surface area contributed by atoms with Crippen LogP contribution in [0.5, 0.6) is 11.5 Å². The Morgan fingerprint density at radius 2 is 1.76 bits per heavy atom. The van der Waals surface area contributed by atoms with Crippen LogP contribution in [0.3, 0.4) is 0 Å². The number of anilines is 2. The molecular formula is C38H39N3O7S2. The molecule has 1 aliphatic carbocycles. The number of methoxy groups -OCH3 is 2. The van der Waals surface area contributed by atoms with Gasteiger partial charge >= 0.3 is 5.97 Å². The summed E-state index contributed by atoms with van der Waals surface area (Å²) in [6.45, 7) is 4.20. The molecule has 3 N–H and O–H groups in total. The van der Waals surface area contributed by atoms with Crippen molar-refractivity contribution in [3.05, 3.63) is 106 Å². The van der Waals surface area contributed by atoms with Crippen LogP contribution >= 0.6 is 23.1 Å². The van der Waals surface area contributed by atoms with Crippen molar-refractivity contribution in [2.24, 2.45) is 5.92 Å². The second-order valence-electron chi connectivity index (χ2n) is 11.6. The maximum absolute atomic E-state index is 13.7. The molecule has 0 aliphatic heterocycles. The summed E-state index contributed by atoms with van der Waals surface area (Å²) in [7, 11) is 3.04. The predicted octanol–water partition coefficient (Wildman–Crippen LogP) is 7.21. The van der Waals surface area contributed by atoms with E-state index in [0.29, 0.717) is 44.8 Å². The summed E-state index contributed by atoms with van der Waals surface area (Å²) < 4.78 is 16.2. The molecule has 50 heavy (non-hydrogen) atoms. The summed E-state index contributed by atoms with van der Waals surface area (Å²) in [6.07, 6.45) is 4.16. The molecule has 0 bridgehead atoms. The van der Waals surface area contributed by atoms with Crippen LogP contribution < -0.4 is 25.4 Å². The number of hydrogen-bond acceptors (Lipinski definition) is 9. The van der Waals surface area contributed by atoms with Crippen LogP contribution in [0.25, 0.3) is 6.08 Å². The van der Waals surface area contributed by atoms with E-state index < -0.39 is 17.8 Å². The summed E-state index contributed by atoms with van der Waals surface area (Å²) in [5, 5.41) is 9.07. The van der Waals surface area contributed by atoms with Crippen LogP contribution in [0.2, 0.25) is 0 Å². The number of esters is 1. The first-order chi connectivity index (χ1) is 24.2. The van der Waals surface area contributed by atoms with Gasteiger partial charge in [-0.1, -0.05) is 31.2 Å². The number of ether oxygens (including phenoxy) is 3. The Morgan fingerprint density at radius 3 is 2.50 bits per heavy atom. The Morgan fingerprint density at radius 1 is 0.960 bits per heavy atom. The van der Waals surface area contributed by atoms with Gasteiger partial charge < -0.3 is 30.2 Å². The molecule has 1 atom stereocenters. The highest BCUT2D eigenvalue weighted by atomic mass is 32.2. The van der Waals surface area contributed by atoms with Crippen LogP contribution in [-0.4, -0.2) is 50.3 Å². The van der Waals surface area contributed by atoms with E-state index in [1.54, 1.807) is 73.7 Å². The number of fused-ring (bicyclic) bond motifs is 1. The van der Waals surface area contributed by atoms with E-state index >= 15 is 0 Å². The van der Waals surface area contributed by atoms with Gasteiger partial charge in [0.1, 0.15) is 22.2 Å². The highest BCUT2D eigenvalue weighted by Gasteiger charge is 2.29. The monoisotopic (exact) mass is 713 g/mol. The lowest BCUT2D eigenvalue weighted by Gasteiger charge is -2.18. The number of rotatable bonds is 13. The first kappa shape index (κ1) is 36.2. The van der Waals surface area contributed by atoms with E-state index in [0.717, 1.165) is 34.6 Å². The normalized spacial score (nSPS) is 13.8. The molecular weight excluding hydrogens is 675 g/mol. The number of amides is 3. The van der Waals surface area contributed by atoms with Gasteiger partial charge in [-0.2, -0.15) is 0 Å². The number of benzene rings is 3. The fourth-order valence-electron chi connectivity index (χ4n) is 5.48. The molecule has 5 rings (SSSR count). The molecule has 1 aromatic heterocycles. The maximum atomic E-state index is 13.7. The Kier molecular flexibility index (Phi) is 12.3. The summed E-state index contributed by atoms with van der Waals surface area (Å²) in [5.41, 5.74) is 2.79. The van der Waals surface area contributed by atoms with Crippen LogP contribution in [-0.2, 0) is 27.2 Å². The molecule has 3 aromatic carbocycles. The molecule has 0 saturated heterocycles. The van der Waals surface area contributed by atoms with Crippen LogP contribution in [0.15, 0.2) is 83.4 Å². The predicted molar refractivity (Wildman–Crippen MR) is 197 cm³/mol. The average molecular weight is 714 g/mol. The third-order valence-electron chi connectivity index (χ3n) is 7.97. The van der Waals surface area contributed by atoms with Crippen molar-refractivity contribution in [2.75, 3.05) is 37.2 Å². The zero-order valence-corrected chi connectivity index (χ0v) is 29.9. The number of carbonyl (C=O) groups is 4. The Bertz CT molecular complexity index is 1910. The van der Waals surface area contributed by atoms with Crippen molar-refractivity contribution < 1.29 is 33.4 Å². The highest BCUT2D eigenvalue weighted by molar-refractivity contribution is 8.00. The van der Waals surface area contributed by atoms with E-state index in [1.807, 2.05) is 6.07 Å². The molecule has 1 unspecified atom stereocenters. The van der Waals surface area contributed by atoms with Gasteiger partial charge in [-0.25, -0.2) is 4.79 Å². The molecule has 4 aromatic rings. The van der Waals surface area contributed by atoms with E-state index in [1.165, 1.54) is 43.4 Å². The van der Waals surface area contributed by atoms with Crippen molar-refractivity contribution in [3.63, 3.8) is 0 Å². The lowest BCUT2D eigenvalue weighted by atomic mass is 9.88. The minimum absolute atomic E-state index is 0.0201. The second kappa shape index (κ2) is 17.0. The largest absolute Gasteiger partial charge is 0.497 e. The second-order valence-corrected chi connectivity index (χ2v) is 13.7. The SMILES string of the molecule is CCOC(=O)c1c(NC(=O)CSc2cccc(NC(=O)/C(=C\c3cc(OC)ccc3OC)NC(=O)c3ccccc3)c2)sc2c1CCC(C)C2. The summed E-state index contributed by atoms with van der Waals surface area (Å²) in [6, 6.07) is 20.8. The third kappa shape index (κ3) is 9.13. The van der Waals surface area contributed by atoms with Crippen LogP contribution in [0, 0.1) is 5.92 Å². The summed E-state index contributed by atoms with van der Waals surface area (Å²) in [5.74, 6) is -0.0879. The highest BCUT2D eigenvalue weighted by Crippen LogP contribution is 2.40. The molecule has 0 spiro atoms. The minimum Gasteiger partial charge on any atom is -0.497 e. The van der Waals surface area contributed by atoms with Crippen molar-refractivity contribution in [1.29, 1.82) is 0 Å². The number of thiophene rings is 1. The number of carbonyl (C=O) groups excluding carboxylic acids is 4. The van der Waals surface area contributed by atoms with Crippen LogP contribution in [0.4, 0.5) is 10.7 Å². The van der Waals surface area contributed by atoms with Gasteiger partial charge in [0.2, 0.25) is 5.91 Å². The topological polar surface area (TPSA) is 132 Å². The molecule has 260 valence electrons. The van der Waals surface area contributed by atoms with Crippen molar-refractivity contribution >= 4 is 63.6 Å². The molecule has 1 aliphatic rings. The quantitative estimate of drug-likeness (QED) is 0.0753. The number of nitrogens with one attached hydrogen (secondary N) is 3. The average Bonchev–Trinajstić information content (AvgIpc) is 3.47. The molecule has 0 saturated carbocycles. The zero-order valence-electron chi connectivity index (χ0n) is 28.3. The van der Waals surface area contributed by atoms with E-state index in [-0.39, 0.29) is 24.0 Å². The minimum atomic E-state index is -0.568. The molecule has 0 fully saturated rings. The molecule has 3 amide bonds. The fraction of sp³-hybridized carbons (Fsp3) is 0.263.